The third-order valence-corrected chi connectivity index (χ3v) is 6.65. The van der Waals surface area contributed by atoms with E-state index in [2.05, 4.69) is 10.3 Å². The summed E-state index contributed by atoms with van der Waals surface area (Å²) in [6.45, 7) is 7.44. The van der Waals surface area contributed by atoms with Gasteiger partial charge in [-0.1, -0.05) is 23.2 Å². The number of nitrogens with one attached hydrogen (secondary N) is 1. The van der Waals surface area contributed by atoms with Crippen molar-refractivity contribution in [2.75, 3.05) is 5.73 Å². The fourth-order valence-electron chi connectivity index (χ4n) is 3.47. The molecule has 0 unspecified atom stereocenters. The number of pyridine rings is 1. The standard InChI is InChI=1S/C24H22Cl2FN3O3S/c1-11(18-15(25)5-6-16(27)19(18)26)33-21-20-13(8-29-22(21)28)14(9-32-20)12-7-17(34-10-12)23(31)30-24(2,3)4/h5-11H,1-4H3,(H2,28,29)(H,30,31)/t11-/m1/s1. The van der Waals surface area contributed by atoms with Gasteiger partial charge in [-0.15, -0.1) is 11.3 Å². The molecule has 0 aliphatic heterocycles. The average molecular weight is 522 g/mol. The van der Waals surface area contributed by atoms with Crippen molar-refractivity contribution in [3.05, 3.63) is 62.3 Å². The second-order valence-electron chi connectivity index (χ2n) is 8.79. The van der Waals surface area contributed by atoms with E-state index < -0.39 is 11.9 Å². The van der Waals surface area contributed by atoms with E-state index in [0.717, 1.165) is 11.1 Å². The monoisotopic (exact) mass is 521 g/mol. The van der Waals surface area contributed by atoms with Crippen LogP contribution in [0.2, 0.25) is 10.0 Å². The zero-order valence-electron chi connectivity index (χ0n) is 18.8. The van der Waals surface area contributed by atoms with Gasteiger partial charge in [-0.3, -0.25) is 4.79 Å². The van der Waals surface area contributed by atoms with Crippen LogP contribution in [0.5, 0.6) is 5.75 Å². The van der Waals surface area contributed by atoms with Crippen LogP contribution in [0.25, 0.3) is 22.1 Å². The van der Waals surface area contributed by atoms with Crippen molar-refractivity contribution in [3.8, 4) is 16.9 Å². The van der Waals surface area contributed by atoms with Crippen molar-refractivity contribution in [3.63, 3.8) is 0 Å². The van der Waals surface area contributed by atoms with Crippen LogP contribution in [0.4, 0.5) is 10.2 Å². The molecule has 0 aliphatic rings. The number of furan rings is 1. The number of amides is 1. The van der Waals surface area contributed by atoms with Crippen LogP contribution in [-0.2, 0) is 0 Å². The summed E-state index contributed by atoms with van der Waals surface area (Å²) >= 11 is 13.7. The van der Waals surface area contributed by atoms with Crippen molar-refractivity contribution in [1.29, 1.82) is 0 Å². The lowest BCUT2D eigenvalue weighted by Gasteiger charge is -2.19. The third-order valence-electron chi connectivity index (χ3n) is 5.00. The Bertz CT molecular complexity index is 1390. The molecule has 1 amide bonds. The van der Waals surface area contributed by atoms with Gasteiger partial charge < -0.3 is 20.2 Å². The quantitative estimate of drug-likeness (QED) is 0.270. The van der Waals surface area contributed by atoms with E-state index in [1.807, 2.05) is 26.2 Å². The predicted octanol–water partition coefficient (Wildman–Crippen LogP) is 7.25. The molecule has 10 heteroatoms. The maximum absolute atomic E-state index is 14.0. The number of ether oxygens (including phenoxy) is 1. The van der Waals surface area contributed by atoms with E-state index in [0.29, 0.717) is 21.4 Å². The second kappa shape index (κ2) is 9.09. The molecule has 3 heterocycles. The third kappa shape index (κ3) is 4.71. The van der Waals surface area contributed by atoms with E-state index in [1.165, 1.54) is 23.5 Å². The Morgan fingerprint density at radius 1 is 1.32 bits per heavy atom. The Labute approximate surface area is 209 Å². The molecule has 0 spiro atoms. The van der Waals surface area contributed by atoms with Gasteiger partial charge in [0.05, 0.1) is 21.5 Å². The number of carbonyl (C=O) groups excluding carboxylic acids is 1. The largest absolute Gasteiger partial charge is 0.478 e. The van der Waals surface area contributed by atoms with Gasteiger partial charge in [0, 0.05) is 27.9 Å². The molecule has 6 nitrogen and oxygen atoms in total. The number of carbonyl (C=O) groups is 1. The van der Waals surface area contributed by atoms with Crippen molar-refractivity contribution in [1.82, 2.24) is 10.3 Å². The first-order valence-corrected chi connectivity index (χ1v) is 12.0. The zero-order chi connectivity index (χ0) is 24.8. The molecule has 3 N–H and O–H groups in total. The van der Waals surface area contributed by atoms with Crippen LogP contribution in [0.1, 0.15) is 49.0 Å². The first-order chi connectivity index (χ1) is 16.0. The Hall–Kier alpha value is -2.81. The Morgan fingerprint density at radius 2 is 2.06 bits per heavy atom. The predicted molar refractivity (Wildman–Crippen MR) is 134 cm³/mol. The highest BCUT2D eigenvalue weighted by Crippen LogP contribution is 2.42. The van der Waals surface area contributed by atoms with E-state index in [9.17, 15) is 9.18 Å². The molecule has 34 heavy (non-hydrogen) atoms. The maximum atomic E-state index is 14.0. The second-order valence-corrected chi connectivity index (χ2v) is 10.5. The molecule has 3 aromatic heterocycles. The van der Waals surface area contributed by atoms with Crippen LogP contribution in [-0.4, -0.2) is 16.4 Å². The maximum Gasteiger partial charge on any atom is 0.261 e. The zero-order valence-corrected chi connectivity index (χ0v) is 21.2. The van der Waals surface area contributed by atoms with Gasteiger partial charge in [0.1, 0.15) is 11.9 Å². The molecule has 0 saturated carbocycles. The molecule has 4 aromatic rings. The number of fused-ring (bicyclic) bond motifs is 1. The van der Waals surface area contributed by atoms with Crippen LogP contribution in [0.3, 0.4) is 0 Å². The van der Waals surface area contributed by atoms with Crippen molar-refractivity contribution in [2.24, 2.45) is 0 Å². The highest BCUT2D eigenvalue weighted by atomic mass is 35.5. The molecule has 1 aromatic carbocycles. The summed E-state index contributed by atoms with van der Waals surface area (Å²) < 4.78 is 25.8. The van der Waals surface area contributed by atoms with Crippen LogP contribution in [0.15, 0.2) is 40.5 Å². The number of nitrogens with zero attached hydrogens (tertiary/aromatic N) is 1. The number of hydrogen-bond acceptors (Lipinski definition) is 6. The molecule has 0 saturated heterocycles. The number of halogens is 3. The molecule has 0 bridgehead atoms. The molecular formula is C24H22Cl2FN3O3S. The lowest BCUT2D eigenvalue weighted by molar-refractivity contribution is 0.0923. The number of benzene rings is 1. The molecule has 0 aliphatic carbocycles. The Balaban J connectivity index is 1.69. The van der Waals surface area contributed by atoms with Crippen molar-refractivity contribution >= 4 is 57.2 Å². The van der Waals surface area contributed by atoms with Crippen LogP contribution in [0, 0.1) is 5.82 Å². The highest BCUT2D eigenvalue weighted by molar-refractivity contribution is 7.12. The van der Waals surface area contributed by atoms with Gasteiger partial charge in [-0.25, -0.2) is 9.37 Å². The summed E-state index contributed by atoms with van der Waals surface area (Å²) in [6.07, 6.45) is 2.39. The minimum Gasteiger partial charge on any atom is -0.478 e. The lowest BCUT2D eigenvalue weighted by atomic mass is 10.1. The summed E-state index contributed by atoms with van der Waals surface area (Å²) in [4.78, 5) is 17.3. The topological polar surface area (TPSA) is 90.4 Å². The summed E-state index contributed by atoms with van der Waals surface area (Å²) in [6, 6.07) is 4.39. The Kier molecular flexibility index (Phi) is 6.50. The number of nitrogen functional groups attached to an aromatic ring is 1. The SMILES string of the molecule is C[C@@H](Oc1c(N)ncc2c(-c3csc(C(=O)NC(C)(C)C)c3)coc12)c1c(Cl)ccc(F)c1Cl. The highest BCUT2D eigenvalue weighted by Gasteiger charge is 2.24. The van der Waals surface area contributed by atoms with Crippen LogP contribution >= 0.6 is 34.5 Å². The summed E-state index contributed by atoms with van der Waals surface area (Å²) in [7, 11) is 0. The molecule has 4 rings (SSSR count). The smallest absolute Gasteiger partial charge is 0.261 e. The van der Waals surface area contributed by atoms with Crippen LogP contribution < -0.4 is 15.8 Å². The van der Waals surface area contributed by atoms with Gasteiger partial charge in [0.15, 0.2) is 11.4 Å². The lowest BCUT2D eigenvalue weighted by Crippen LogP contribution is -2.40. The van der Waals surface area contributed by atoms with E-state index in [-0.39, 0.29) is 33.1 Å². The molecule has 1 atom stereocenters. The summed E-state index contributed by atoms with van der Waals surface area (Å²) in [5.41, 5.74) is 7.92. The first kappa shape index (κ1) is 24.3. The van der Waals surface area contributed by atoms with Gasteiger partial charge in [0.25, 0.3) is 5.91 Å². The van der Waals surface area contributed by atoms with Gasteiger partial charge in [-0.2, -0.15) is 0 Å². The number of rotatable bonds is 5. The number of nitrogens with two attached hydrogens (primary N) is 1. The van der Waals surface area contributed by atoms with E-state index in [4.69, 9.17) is 38.1 Å². The van der Waals surface area contributed by atoms with Gasteiger partial charge in [0.2, 0.25) is 5.75 Å². The van der Waals surface area contributed by atoms with Gasteiger partial charge in [-0.05, 0) is 56.8 Å². The fraction of sp³-hybridized carbons (Fsp3) is 0.250. The number of aromatic nitrogens is 1. The number of anilines is 1. The van der Waals surface area contributed by atoms with E-state index >= 15 is 0 Å². The Morgan fingerprint density at radius 3 is 2.76 bits per heavy atom. The average Bonchev–Trinajstić information content (AvgIpc) is 3.39. The van der Waals surface area contributed by atoms with Gasteiger partial charge >= 0.3 is 0 Å². The first-order valence-electron chi connectivity index (χ1n) is 10.3. The normalized spacial score (nSPS) is 12.7. The summed E-state index contributed by atoms with van der Waals surface area (Å²) in [5, 5.41) is 5.60. The molecular weight excluding hydrogens is 500 g/mol. The fourth-order valence-corrected chi connectivity index (χ4v) is 4.95. The van der Waals surface area contributed by atoms with Crippen molar-refractivity contribution in [2.45, 2.75) is 39.3 Å². The number of hydrogen-bond donors (Lipinski definition) is 2. The van der Waals surface area contributed by atoms with E-state index in [1.54, 1.807) is 25.5 Å². The van der Waals surface area contributed by atoms with Crippen molar-refractivity contribution < 1.29 is 18.3 Å². The summed E-state index contributed by atoms with van der Waals surface area (Å²) in [5.74, 6) is -0.474. The minimum atomic E-state index is -0.743. The minimum absolute atomic E-state index is 0.0967. The molecule has 0 fully saturated rings. The molecule has 0 radical (unpaired) electrons. The molecule has 178 valence electrons. The number of thiophene rings is 1.